The highest BCUT2D eigenvalue weighted by molar-refractivity contribution is 5.96. The number of ether oxygens (including phenoxy) is 2. The SMILES string of the molecule is CC(C[C@H](C=O)NC(=O)c1ccc2c(c1)OCO2)CN1CCCC1CO. The van der Waals surface area contributed by atoms with Gasteiger partial charge in [0.1, 0.15) is 6.29 Å². The molecule has 0 aromatic heterocycles. The van der Waals surface area contributed by atoms with Crippen molar-refractivity contribution < 1.29 is 24.2 Å². The van der Waals surface area contributed by atoms with Gasteiger partial charge in [-0.3, -0.25) is 9.69 Å². The number of benzene rings is 1. The lowest BCUT2D eigenvalue weighted by Crippen LogP contribution is -2.40. The first-order valence-electron chi connectivity index (χ1n) is 9.11. The van der Waals surface area contributed by atoms with Crippen LogP contribution in [0.1, 0.15) is 36.5 Å². The summed E-state index contributed by atoms with van der Waals surface area (Å²) in [5.74, 6) is 1.08. The molecular formula is C19H26N2O5. The number of likely N-dealkylation sites (tertiary alicyclic amines) is 1. The second-order valence-electron chi connectivity index (χ2n) is 7.10. The maximum Gasteiger partial charge on any atom is 0.251 e. The van der Waals surface area contributed by atoms with Crippen LogP contribution >= 0.6 is 0 Å². The van der Waals surface area contributed by atoms with E-state index in [1.54, 1.807) is 18.2 Å². The van der Waals surface area contributed by atoms with E-state index in [4.69, 9.17) is 9.47 Å². The molecule has 26 heavy (non-hydrogen) atoms. The van der Waals surface area contributed by atoms with E-state index in [1.807, 2.05) is 0 Å². The summed E-state index contributed by atoms with van der Waals surface area (Å²) in [6.07, 6.45) is 3.46. The minimum atomic E-state index is -0.543. The van der Waals surface area contributed by atoms with Gasteiger partial charge in [0.25, 0.3) is 5.91 Å². The molecule has 7 heteroatoms. The molecule has 2 aliphatic rings. The molecule has 2 unspecified atom stereocenters. The van der Waals surface area contributed by atoms with Crippen LogP contribution in [0.25, 0.3) is 0 Å². The zero-order valence-electron chi connectivity index (χ0n) is 15.0. The van der Waals surface area contributed by atoms with E-state index in [0.29, 0.717) is 23.5 Å². The van der Waals surface area contributed by atoms with Crippen molar-refractivity contribution in [2.75, 3.05) is 26.5 Å². The Kier molecular flexibility index (Phi) is 6.11. The maximum absolute atomic E-state index is 12.4. The molecule has 0 spiro atoms. The number of carbonyl (C=O) groups is 2. The first kappa shape index (κ1) is 18.7. The monoisotopic (exact) mass is 362 g/mol. The van der Waals surface area contributed by atoms with Crippen molar-refractivity contribution in [2.45, 2.75) is 38.3 Å². The number of carbonyl (C=O) groups excluding carboxylic acids is 2. The predicted octanol–water partition coefficient (Wildman–Crippen LogP) is 1.20. The number of hydrogen-bond donors (Lipinski definition) is 2. The van der Waals surface area contributed by atoms with Gasteiger partial charge in [-0.1, -0.05) is 6.92 Å². The van der Waals surface area contributed by atoms with Crippen LogP contribution in [-0.4, -0.2) is 60.8 Å². The molecule has 1 aromatic carbocycles. The predicted molar refractivity (Wildman–Crippen MR) is 95.3 cm³/mol. The minimum Gasteiger partial charge on any atom is -0.454 e. The van der Waals surface area contributed by atoms with E-state index < -0.39 is 6.04 Å². The minimum absolute atomic E-state index is 0.153. The van der Waals surface area contributed by atoms with Crippen LogP contribution in [0, 0.1) is 5.92 Å². The molecule has 2 N–H and O–H groups in total. The third-order valence-corrected chi connectivity index (χ3v) is 5.03. The molecule has 0 saturated carbocycles. The van der Waals surface area contributed by atoms with E-state index in [9.17, 15) is 14.7 Å². The Morgan fingerprint density at radius 3 is 3.00 bits per heavy atom. The number of amides is 1. The fraction of sp³-hybridized carbons (Fsp3) is 0.579. The zero-order chi connectivity index (χ0) is 18.5. The van der Waals surface area contributed by atoms with Gasteiger partial charge in [0.15, 0.2) is 11.5 Å². The Morgan fingerprint density at radius 2 is 2.23 bits per heavy atom. The Morgan fingerprint density at radius 1 is 1.42 bits per heavy atom. The van der Waals surface area contributed by atoms with Crippen molar-refractivity contribution in [1.29, 1.82) is 0 Å². The highest BCUT2D eigenvalue weighted by atomic mass is 16.7. The molecule has 0 bridgehead atoms. The summed E-state index contributed by atoms with van der Waals surface area (Å²) in [5, 5.41) is 12.2. The molecule has 1 fully saturated rings. The summed E-state index contributed by atoms with van der Waals surface area (Å²) in [5.41, 5.74) is 0.439. The van der Waals surface area contributed by atoms with Gasteiger partial charge in [0, 0.05) is 18.2 Å². The van der Waals surface area contributed by atoms with Gasteiger partial charge in [0.05, 0.1) is 12.6 Å². The molecule has 1 saturated heterocycles. The average Bonchev–Trinajstić information content (AvgIpc) is 3.28. The smallest absolute Gasteiger partial charge is 0.251 e. The van der Waals surface area contributed by atoms with Gasteiger partial charge in [-0.2, -0.15) is 0 Å². The number of nitrogens with zero attached hydrogens (tertiary/aromatic N) is 1. The topological polar surface area (TPSA) is 88.1 Å². The number of aliphatic hydroxyl groups excluding tert-OH is 1. The fourth-order valence-electron chi connectivity index (χ4n) is 3.69. The standard InChI is InChI=1S/C19H26N2O5/c1-13(9-21-6-2-3-16(21)11-23)7-15(10-22)20-19(24)14-4-5-17-18(8-14)26-12-25-17/h4-5,8,10,13,15-16,23H,2-3,6-7,9,11-12H2,1H3,(H,20,24)/t13?,15-,16?/m1/s1. The van der Waals surface area contributed by atoms with Gasteiger partial charge >= 0.3 is 0 Å². The molecule has 1 amide bonds. The van der Waals surface area contributed by atoms with Crippen LogP contribution in [-0.2, 0) is 4.79 Å². The molecule has 3 rings (SSSR count). The molecule has 2 aliphatic heterocycles. The lowest BCUT2D eigenvalue weighted by molar-refractivity contribution is -0.109. The average molecular weight is 362 g/mol. The molecule has 1 aromatic rings. The van der Waals surface area contributed by atoms with Gasteiger partial charge < -0.3 is 24.7 Å². The van der Waals surface area contributed by atoms with Gasteiger partial charge in [-0.25, -0.2) is 0 Å². The van der Waals surface area contributed by atoms with Crippen molar-refractivity contribution in [3.8, 4) is 11.5 Å². The number of nitrogens with one attached hydrogen (secondary N) is 1. The summed E-state index contributed by atoms with van der Waals surface area (Å²) in [6.45, 7) is 4.18. The highest BCUT2D eigenvalue weighted by Gasteiger charge is 2.26. The first-order chi connectivity index (χ1) is 12.6. The zero-order valence-corrected chi connectivity index (χ0v) is 15.0. The Labute approximate surface area is 153 Å². The number of hydrogen-bond acceptors (Lipinski definition) is 6. The molecule has 3 atom stereocenters. The molecule has 2 heterocycles. The summed E-state index contributed by atoms with van der Waals surface area (Å²) in [7, 11) is 0. The van der Waals surface area contributed by atoms with Crippen molar-refractivity contribution in [1.82, 2.24) is 10.2 Å². The number of rotatable bonds is 8. The fourth-order valence-corrected chi connectivity index (χ4v) is 3.69. The van der Waals surface area contributed by atoms with E-state index in [1.165, 1.54) is 0 Å². The third-order valence-electron chi connectivity index (χ3n) is 5.03. The van der Waals surface area contributed by atoms with Gasteiger partial charge in [-0.05, 0) is 49.9 Å². The number of aldehydes is 1. The molecular weight excluding hydrogens is 336 g/mol. The summed E-state index contributed by atoms with van der Waals surface area (Å²) in [4.78, 5) is 26.1. The second kappa shape index (κ2) is 8.51. The van der Waals surface area contributed by atoms with Crippen LogP contribution in [0.4, 0.5) is 0 Å². The van der Waals surface area contributed by atoms with Crippen LogP contribution < -0.4 is 14.8 Å². The van der Waals surface area contributed by atoms with Crippen LogP contribution in [0.5, 0.6) is 11.5 Å². The van der Waals surface area contributed by atoms with Crippen molar-refractivity contribution in [2.24, 2.45) is 5.92 Å². The lowest BCUT2D eigenvalue weighted by atomic mass is 10.0. The molecule has 7 nitrogen and oxygen atoms in total. The Hall–Kier alpha value is -2.12. The number of aliphatic hydroxyl groups is 1. The van der Waals surface area contributed by atoms with Crippen molar-refractivity contribution in [3.05, 3.63) is 23.8 Å². The first-order valence-corrected chi connectivity index (χ1v) is 9.11. The van der Waals surface area contributed by atoms with Crippen LogP contribution in [0.3, 0.4) is 0 Å². The van der Waals surface area contributed by atoms with E-state index in [2.05, 4.69) is 17.1 Å². The van der Waals surface area contributed by atoms with Crippen molar-refractivity contribution in [3.63, 3.8) is 0 Å². The normalized spacial score (nSPS) is 21.4. The Bertz CT molecular complexity index is 651. The lowest BCUT2D eigenvalue weighted by Gasteiger charge is -2.27. The van der Waals surface area contributed by atoms with E-state index in [-0.39, 0.29) is 31.3 Å². The van der Waals surface area contributed by atoms with Crippen LogP contribution in [0.15, 0.2) is 18.2 Å². The third kappa shape index (κ3) is 4.34. The maximum atomic E-state index is 12.4. The second-order valence-corrected chi connectivity index (χ2v) is 7.10. The summed E-state index contributed by atoms with van der Waals surface area (Å²) >= 11 is 0. The largest absolute Gasteiger partial charge is 0.454 e. The van der Waals surface area contributed by atoms with Crippen LogP contribution in [0.2, 0.25) is 0 Å². The summed E-state index contributed by atoms with van der Waals surface area (Å²) < 4.78 is 10.5. The molecule has 0 aliphatic carbocycles. The van der Waals surface area contributed by atoms with E-state index in [0.717, 1.165) is 32.2 Å². The quantitative estimate of drug-likeness (QED) is 0.676. The van der Waals surface area contributed by atoms with E-state index >= 15 is 0 Å². The van der Waals surface area contributed by atoms with Gasteiger partial charge in [0.2, 0.25) is 6.79 Å². The summed E-state index contributed by atoms with van der Waals surface area (Å²) in [6, 6.07) is 4.65. The molecule has 0 radical (unpaired) electrons. The van der Waals surface area contributed by atoms with Gasteiger partial charge in [-0.15, -0.1) is 0 Å². The van der Waals surface area contributed by atoms with Crippen molar-refractivity contribution >= 4 is 12.2 Å². The molecule has 142 valence electrons. The Balaban J connectivity index is 1.53. The number of fused-ring (bicyclic) bond motifs is 1. The highest BCUT2D eigenvalue weighted by Crippen LogP contribution is 2.32.